The Morgan fingerprint density at radius 3 is 2.19 bits per heavy atom. The van der Waals surface area contributed by atoms with Crippen molar-refractivity contribution in [2.45, 2.75) is 51.2 Å². The molecular formula is C18H33NO7. The molecule has 1 saturated heterocycles. The average molecular weight is 375 g/mol. The fraction of sp³-hybridized carbons (Fsp3) is 0.889. The van der Waals surface area contributed by atoms with Crippen LogP contribution in [0.1, 0.15) is 40.0 Å². The molecular weight excluding hydrogens is 342 g/mol. The number of rotatable bonds is 10. The summed E-state index contributed by atoms with van der Waals surface area (Å²) in [4.78, 5) is 26.5. The number of carbonyl (C=O) groups excluding carboxylic acids is 2. The Morgan fingerprint density at radius 2 is 1.62 bits per heavy atom. The van der Waals surface area contributed by atoms with Crippen LogP contribution in [-0.2, 0) is 28.5 Å². The molecule has 26 heavy (non-hydrogen) atoms. The van der Waals surface area contributed by atoms with Crippen LogP contribution in [0.15, 0.2) is 0 Å². The standard InChI is InChI=1S/C18H33NO7/c1-17(2,3)26-16(21)19-9-6-7-18(19,15(20)23-5)8-10-24-13-14-25-12-11-22-4/h6-14H2,1-5H3. The van der Waals surface area contributed by atoms with Gasteiger partial charge in [0.2, 0.25) is 0 Å². The number of hydrogen-bond donors (Lipinski definition) is 0. The lowest BCUT2D eigenvalue weighted by atomic mass is 9.92. The average Bonchev–Trinajstić information content (AvgIpc) is 3.00. The summed E-state index contributed by atoms with van der Waals surface area (Å²) >= 11 is 0. The number of amides is 1. The smallest absolute Gasteiger partial charge is 0.411 e. The summed E-state index contributed by atoms with van der Waals surface area (Å²) < 4.78 is 26.2. The maximum Gasteiger partial charge on any atom is 0.411 e. The van der Waals surface area contributed by atoms with Crippen LogP contribution in [0.4, 0.5) is 4.79 Å². The van der Waals surface area contributed by atoms with Crippen molar-refractivity contribution in [2.24, 2.45) is 0 Å². The van der Waals surface area contributed by atoms with Crippen LogP contribution in [0, 0.1) is 0 Å². The van der Waals surface area contributed by atoms with Crippen molar-refractivity contribution in [2.75, 3.05) is 53.8 Å². The third-order valence-electron chi connectivity index (χ3n) is 4.13. The Balaban J connectivity index is 2.60. The Bertz CT molecular complexity index is 449. The van der Waals surface area contributed by atoms with Crippen LogP contribution >= 0.6 is 0 Å². The summed E-state index contributed by atoms with van der Waals surface area (Å²) in [7, 11) is 2.95. The predicted octanol–water partition coefficient (Wildman–Crippen LogP) is 2.00. The van der Waals surface area contributed by atoms with Gasteiger partial charge in [-0.05, 0) is 33.6 Å². The van der Waals surface area contributed by atoms with Gasteiger partial charge in [-0.15, -0.1) is 0 Å². The van der Waals surface area contributed by atoms with Gasteiger partial charge in [0.25, 0.3) is 0 Å². The number of carbonyl (C=O) groups is 2. The molecule has 0 spiro atoms. The van der Waals surface area contributed by atoms with Gasteiger partial charge in [-0.1, -0.05) is 0 Å². The Hall–Kier alpha value is -1.38. The fourth-order valence-corrected chi connectivity index (χ4v) is 2.93. The molecule has 8 nitrogen and oxygen atoms in total. The molecule has 8 heteroatoms. The van der Waals surface area contributed by atoms with E-state index in [9.17, 15) is 9.59 Å². The second-order valence-corrected chi connectivity index (χ2v) is 7.23. The van der Waals surface area contributed by atoms with Gasteiger partial charge in [-0.25, -0.2) is 9.59 Å². The van der Waals surface area contributed by atoms with Crippen molar-refractivity contribution in [3.8, 4) is 0 Å². The van der Waals surface area contributed by atoms with Crippen LogP contribution < -0.4 is 0 Å². The minimum atomic E-state index is -1.03. The van der Waals surface area contributed by atoms with Gasteiger partial charge in [-0.2, -0.15) is 0 Å². The van der Waals surface area contributed by atoms with Crippen molar-refractivity contribution in [3.63, 3.8) is 0 Å². The van der Waals surface area contributed by atoms with Crippen molar-refractivity contribution in [1.29, 1.82) is 0 Å². The molecule has 0 aromatic rings. The third kappa shape index (κ3) is 6.74. The summed E-state index contributed by atoms with van der Waals surface area (Å²) in [5.74, 6) is -0.430. The second-order valence-electron chi connectivity index (χ2n) is 7.23. The predicted molar refractivity (Wildman–Crippen MR) is 95.1 cm³/mol. The zero-order valence-corrected chi connectivity index (χ0v) is 16.7. The summed E-state index contributed by atoms with van der Waals surface area (Å²) in [5.41, 5.74) is -1.66. The number of ether oxygens (including phenoxy) is 5. The Labute approximate surface area is 156 Å². The summed E-state index contributed by atoms with van der Waals surface area (Å²) in [6, 6.07) is 0. The molecule has 0 aliphatic carbocycles. The SMILES string of the molecule is COCCOCCOCCC1(C(=O)OC)CCCN1C(=O)OC(C)(C)C. The highest BCUT2D eigenvalue weighted by molar-refractivity contribution is 5.86. The molecule has 0 saturated carbocycles. The van der Waals surface area contributed by atoms with Crippen molar-refractivity contribution >= 4 is 12.1 Å². The van der Waals surface area contributed by atoms with Gasteiger partial charge in [0.15, 0.2) is 0 Å². The molecule has 1 fully saturated rings. The molecule has 0 bridgehead atoms. The van der Waals surface area contributed by atoms with E-state index in [1.165, 1.54) is 12.0 Å². The molecule has 1 atom stereocenters. The van der Waals surface area contributed by atoms with Crippen LogP contribution in [0.5, 0.6) is 0 Å². The van der Waals surface area contributed by atoms with Crippen LogP contribution in [0.2, 0.25) is 0 Å². The first-order chi connectivity index (χ1) is 12.3. The monoisotopic (exact) mass is 375 g/mol. The Morgan fingerprint density at radius 1 is 1.00 bits per heavy atom. The molecule has 152 valence electrons. The van der Waals surface area contributed by atoms with Gasteiger partial charge in [0.1, 0.15) is 11.1 Å². The molecule has 1 rings (SSSR count). The van der Waals surface area contributed by atoms with E-state index in [1.807, 2.05) is 0 Å². The first-order valence-corrected chi connectivity index (χ1v) is 9.00. The molecule has 0 N–H and O–H groups in total. The molecule has 1 heterocycles. The van der Waals surface area contributed by atoms with E-state index in [-0.39, 0.29) is 0 Å². The number of likely N-dealkylation sites (tertiary alicyclic amines) is 1. The molecule has 0 aromatic carbocycles. The summed E-state index contributed by atoms with van der Waals surface area (Å²) in [6.45, 7) is 8.09. The quantitative estimate of drug-likeness (QED) is 0.426. The Kier molecular flexibility index (Phi) is 9.32. The normalized spacial score (nSPS) is 20.3. The molecule has 1 aliphatic heterocycles. The zero-order chi connectivity index (χ0) is 19.6. The number of nitrogens with zero attached hydrogens (tertiary/aromatic N) is 1. The highest BCUT2D eigenvalue weighted by Crippen LogP contribution is 2.35. The molecule has 0 radical (unpaired) electrons. The van der Waals surface area contributed by atoms with Crippen LogP contribution in [0.3, 0.4) is 0 Å². The maximum atomic E-state index is 12.6. The fourth-order valence-electron chi connectivity index (χ4n) is 2.93. The van der Waals surface area contributed by atoms with Gasteiger partial charge in [0.05, 0.1) is 33.5 Å². The van der Waals surface area contributed by atoms with Crippen LogP contribution in [-0.4, -0.2) is 81.9 Å². The van der Waals surface area contributed by atoms with Crippen molar-refractivity contribution in [3.05, 3.63) is 0 Å². The first-order valence-electron chi connectivity index (χ1n) is 9.00. The lowest BCUT2D eigenvalue weighted by molar-refractivity contribution is -0.154. The van der Waals surface area contributed by atoms with Gasteiger partial charge >= 0.3 is 12.1 Å². The lowest BCUT2D eigenvalue weighted by Crippen LogP contribution is -2.55. The van der Waals surface area contributed by atoms with E-state index in [2.05, 4.69) is 0 Å². The highest BCUT2D eigenvalue weighted by atomic mass is 16.6. The third-order valence-corrected chi connectivity index (χ3v) is 4.13. The number of methoxy groups -OCH3 is 2. The van der Waals surface area contributed by atoms with Gasteiger partial charge in [-0.3, -0.25) is 4.90 Å². The van der Waals surface area contributed by atoms with E-state index >= 15 is 0 Å². The minimum absolute atomic E-state index is 0.321. The van der Waals surface area contributed by atoms with E-state index in [0.717, 1.165) is 0 Å². The molecule has 0 aromatic heterocycles. The second kappa shape index (κ2) is 10.7. The highest BCUT2D eigenvalue weighted by Gasteiger charge is 2.51. The zero-order valence-electron chi connectivity index (χ0n) is 16.7. The van der Waals surface area contributed by atoms with Gasteiger partial charge in [0, 0.05) is 26.7 Å². The molecule has 1 amide bonds. The van der Waals surface area contributed by atoms with E-state index < -0.39 is 23.2 Å². The van der Waals surface area contributed by atoms with Crippen molar-refractivity contribution < 1.29 is 33.3 Å². The number of hydrogen-bond acceptors (Lipinski definition) is 7. The summed E-state index contributed by atoms with van der Waals surface area (Å²) in [6.07, 6.45) is 1.11. The maximum absolute atomic E-state index is 12.6. The topological polar surface area (TPSA) is 83.5 Å². The summed E-state index contributed by atoms with van der Waals surface area (Å²) in [5, 5.41) is 0. The largest absolute Gasteiger partial charge is 0.467 e. The van der Waals surface area contributed by atoms with E-state index in [4.69, 9.17) is 23.7 Å². The number of esters is 1. The molecule has 1 unspecified atom stereocenters. The van der Waals surface area contributed by atoms with E-state index in [1.54, 1.807) is 27.9 Å². The van der Waals surface area contributed by atoms with E-state index in [0.29, 0.717) is 58.8 Å². The van der Waals surface area contributed by atoms with Crippen LogP contribution in [0.25, 0.3) is 0 Å². The lowest BCUT2D eigenvalue weighted by Gasteiger charge is -2.36. The molecule has 1 aliphatic rings. The van der Waals surface area contributed by atoms with Crippen molar-refractivity contribution in [1.82, 2.24) is 4.90 Å². The van der Waals surface area contributed by atoms with Gasteiger partial charge < -0.3 is 23.7 Å². The first kappa shape index (κ1) is 22.7. The minimum Gasteiger partial charge on any atom is -0.467 e.